The second-order valence-electron chi connectivity index (χ2n) is 7.93. The third kappa shape index (κ3) is 4.24. The van der Waals surface area contributed by atoms with Crippen LogP contribution < -0.4 is 16.4 Å². The van der Waals surface area contributed by atoms with Crippen molar-refractivity contribution >= 4 is 22.9 Å². The molecule has 0 unspecified atom stereocenters. The van der Waals surface area contributed by atoms with E-state index >= 15 is 0 Å². The van der Waals surface area contributed by atoms with Crippen LogP contribution >= 0.6 is 0 Å². The fourth-order valence-corrected chi connectivity index (χ4v) is 3.65. The van der Waals surface area contributed by atoms with Gasteiger partial charge >= 0.3 is 0 Å². The Kier molecular flexibility index (Phi) is 5.48. The van der Waals surface area contributed by atoms with Crippen molar-refractivity contribution in [2.75, 3.05) is 10.6 Å². The molecule has 1 aliphatic rings. The zero-order valence-electron chi connectivity index (χ0n) is 16.8. The number of anilines is 2. The Labute approximate surface area is 169 Å². The molecule has 0 radical (unpaired) electrons. The summed E-state index contributed by atoms with van der Waals surface area (Å²) in [5, 5.41) is 25.3. The van der Waals surface area contributed by atoms with Crippen molar-refractivity contribution < 1.29 is 5.11 Å². The standard InChI is InChI=1S/C20H28N8O/c1-12(2)28-19-17(26-27-28)18(22-11-13-5-3-4-6-16(13)29)24-20(25-19)23-15-9-7-14(21)8-10-15/h3-6,12,14-15,29H,7-11,21H2,1-2H3,(H2,22,23,24,25). The summed E-state index contributed by atoms with van der Waals surface area (Å²) in [5.74, 6) is 1.40. The molecular formula is C20H28N8O. The second kappa shape index (κ2) is 8.20. The highest BCUT2D eigenvalue weighted by Crippen LogP contribution is 2.26. The molecule has 0 spiro atoms. The molecule has 0 aliphatic heterocycles. The minimum absolute atomic E-state index is 0.126. The molecule has 9 nitrogen and oxygen atoms in total. The van der Waals surface area contributed by atoms with Crippen molar-refractivity contribution in [1.82, 2.24) is 25.0 Å². The molecule has 2 heterocycles. The maximum atomic E-state index is 10.0. The highest BCUT2D eigenvalue weighted by molar-refractivity contribution is 5.83. The quantitative estimate of drug-likeness (QED) is 0.501. The Bertz CT molecular complexity index is 978. The molecule has 4 rings (SSSR count). The third-order valence-corrected chi connectivity index (χ3v) is 5.36. The number of phenolic OH excluding ortho intramolecular Hbond substituents is 1. The van der Waals surface area contributed by atoms with Crippen LogP contribution in [0.2, 0.25) is 0 Å². The maximum Gasteiger partial charge on any atom is 0.227 e. The number of rotatable bonds is 6. The summed E-state index contributed by atoms with van der Waals surface area (Å²) in [7, 11) is 0. The van der Waals surface area contributed by atoms with Gasteiger partial charge in [0.2, 0.25) is 5.95 Å². The molecule has 2 aromatic heterocycles. The Hall–Kier alpha value is -2.94. The van der Waals surface area contributed by atoms with E-state index in [-0.39, 0.29) is 11.8 Å². The molecule has 29 heavy (non-hydrogen) atoms. The first-order chi connectivity index (χ1) is 14.0. The van der Waals surface area contributed by atoms with E-state index in [1.807, 2.05) is 26.0 Å². The van der Waals surface area contributed by atoms with E-state index in [9.17, 15) is 5.11 Å². The monoisotopic (exact) mass is 396 g/mol. The van der Waals surface area contributed by atoms with Crippen molar-refractivity contribution in [1.29, 1.82) is 0 Å². The largest absolute Gasteiger partial charge is 0.508 e. The molecule has 0 saturated heterocycles. The van der Waals surface area contributed by atoms with E-state index in [0.29, 0.717) is 41.6 Å². The van der Waals surface area contributed by atoms with Gasteiger partial charge in [0.25, 0.3) is 0 Å². The van der Waals surface area contributed by atoms with Gasteiger partial charge in [0.05, 0.1) is 6.04 Å². The average Bonchev–Trinajstić information content (AvgIpc) is 3.13. The van der Waals surface area contributed by atoms with E-state index in [1.54, 1.807) is 16.8 Å². The van der Waals surface area contributed by atoms with Gasteiger partial charge in [-0.25, -0.2) is 4.68 Å². The molecule has 1 aliphatic carbocycles. The van der Waals surface area contributed by atoms with E-state index in [2.05, 4.69) is 25.9 Å². The lowest BCUT2D eigenvalue weighted by Gasteiger charge is -2.26. The number of nitrogens with one attached hydrogen (secondary N) is 2. The Balaban J connectivity index is 1.63. The van der Waals surface area contributed by atoms with E-state index in [4.69, 9.17) is 10.7 Å². The average molecular weight is 396 g/mol. The van der Waals surface area contributed by atoms with Crippen LogP contribution in [-0.2, 0) is 6.54 Å². The van der Waals surface area contributed by atoms with E-state index < -0.39 is 0 Å². The van der Waals surface area contributed by atoms with Gasteiger partial charge < -0.3 is 21.5 Å². The minimum atomic E-state index is 0.126. The summed E-state index contributed by atoms with van der Waals surface area (Å²) in [4.78, 5) is 9.37. The van der Waals surface area contributed by atoms with Crippen LogP contribution in [0.1, 0.15) is 51.1 Å². The predicted octanol–water partition coefficient (Wildman–Crippen LogP) is 2.80. The lowest BCUT2D eigenvalue weighted by Crippen LogP contribution is -2.33. The van der Waals surface area contributed by atoms with Gasteiger partial charge in [-0.1, -0.05) is 23.4 Å². The van der Waals surface area contributed by atoms with Gasteiger partial charge in [0.15, 0.2) is 17.0 Å². The molecule has 0 amide bonds. The van der Waals surface area contributed by atoms with Crippen LogP contribution in [-0.4, -0.2) is 42.2 Å². The normalized spacial score (nSPS) is 19.6. The number of para-hydroxylation sites is 1. The number of aromatic hydroxyl groups is 1. The number of aromatic nitrogens is 5. The van der Waals surface area contributed by atoms with E-state index in [0.717, 1.165) is 31.2 Å². The van der Waals surface area contributed by atoms with Gasteiger partial charge in [-0.05, 0) is 45.6 Å². The van der Waals surface area contributed by atoms with Crippen LogP contribution in [0.25, 0.3) is 11.2 Å². The zero-order chi connectivity index (χ0) is 20.4. The first-order valence-corrected chi connectivity index (χ1v) is 10.2. The molecule has 1 saturated carbocycles. The lowest BCUT2D eigenvalue weighted by molar-refractivity contribution is 0.410. The fraction of sp³-hybridized carbons (Fsp3) is 0.500. The van der Waals surface area contributed by atoms with Crippen molar-refractivity contribution in [3.8, 4) is 5.75 Å². The summed E-state index contributed by atoms with van der Waals surface area (Å²) in [6.07, 6.45) is 4.02. The fourth-order valence-electron chi connectivity index (χ4n) is 3.65. The maximum absolute atomic E-state index is 10.0. The topological polar surface area (TPSA) is 127 Å². The van der Waals surface area contributed by atoms with Gasteiger partial charge in [0.1, 0.15) is 5.75 Å². The highest BCUT2D eigenvalue weighted by Gasteiger charge is 2.21. The molecular weight excluding hydrogens is 368 g/mol. The van der Waals surface area contributed by atoms with Crippen molar-refractivity contribution in [2.24, 2.45) is 5.73 Å². The number of benzene rings is 1. The molecule has 1 fully saturated rings. The highest BCUT2D eigenvalue weighted by atomic mass is 16.3. The van der Waals surface area contributed by atoms with Crippen molar-refractivity contribution in [3.05, 3.63) is 29.8 Å². The summed E-state index contributed by atoms with van der Waals surface area (Å²) in [5.41, 5.74) is 8.11. The van der Waals surface area contributed by atoms with E-state index in [1.165, 1.54) is 0 Å². The van der Waals surface area contributed by atoms with Gasteiger partial charge in [-0.15, -0.1) is 5.10 Å². The van der Waals surface area contributed by atoms with Gasteiger partial charge in [0, 0.05) is 24.2 Å². The van der Waals surface area contributed by atoms with Crippen molar-refractivity contribution in [2.45, 2.75) is 64.2 Å². The smallest absolute Gasteiger partial charge is 0.227 e. The van der Waals surface area contributed by atoms with Crippen LogP contribution in [0.4, 0.5) is 11.8 Å². The van der Waals surface area contributed by atoms with Crippen LogP contribution in [0, 0.1) is 0 Å². The van der Waals surface area contributed by atoms with Crippen LogP contribution in [0.5, 0.6) is 5.75 Å². The number of nitrogens with two attached hydrogens (primary N) is 1. The Morgan fingerprint density at radius 3 is 2.66 bits per heavy atom. The molecule has 0 bridgehead atoms. The van der Waals surface area contributed by atoms with Crippen molar-refractivity contribution in [3.63, 3.8) is 0 Å². The summed E-state index contributed by atoms with van der Waals surface area (Å²) >= 11 is 0. The number of hydrogen-bond donors (Lipinski definition) is 4. The second-order valence-corrected chi connectivity index (χ2v) is 7.93. The van der Waals surface area contributed by atoms with Crippen LogP contribution in [0.15, 0.2) is 24.3 Å². The Morgan fingerprint density at radius 1 is 1.17 bits per heavy atom. The summed E-state index contributed by atoms with van der Waals surface area (Å²) in [6, 6.07) is 7.95. The molecule has 9 heteroatoms. The number of fused-ring (bicyclic) bond motifs is 1. The molecule has 1 aromatic carbocycles. The van der Waals surface area contributed by atoms with Gasteiger partial charge in [-0.2, -0.15) is 9.97 Å². The molecule has 0 atom stereocenters. The lowest BCUT2D eigenvalue weighted by atomic mass is 9.92. The first kappa shape index (κ1) is 19.4. The first-order valence-electron chi connectivity index (χ1n) is 10.2. The molecule has 5 N–H and O–H groups in total. The summed E-state index contributed by atoms with van der Waals surface area (Å²) in [6.45, 7) is 4.51. The predicted molar refractivity (Wildman–Crippen MR) is 113 cm³/mol. The Morgan fingerprint density at radius 2 is 1.93 bits per heavy atom. The minimum Gasteiger partial charge on any atom is -0.508 e. The number of phenols is 1. The SMILES string of the molecule is CC(C)n1nnc2c(NCc3ccccc3O)nc(NC3CCC(N)CC3)nc21. The zero-order valence-corrected chi connectivity index (χ0v) is 16.8. The summed E-state index contributed by atoms with van der Waals surface area (Å²) < 4.78 is 1.80. The van der Waals surface area contributed by atoms with Crippen LogP contribution in [0.3, 0.4) is 0 Å². The molecule has 154 valence electrons. The third-order valence-electron chi connectivity index (χ3n) is 5.36. The number of nitrogens with zero attached hydrogens (tertiary/aromatic N) is 5. The molecule has 3 aromatic rings. The number of hydrogen-bond acceptors (Lipinski definition) is 8. The van der Waals surface area contributed by atoms with Gasteiger partial charge in [-0.3, -0.25) is 0 Å².